The molecule has 0 aromatic carbocycles. The number of hydrogen-bond acceptors (Lipinski definition) is 2. The maximum absolute atomic E-state index is 8.72. The van der Waals surface area contributed by atoms with Crippen LogP contribution >= 0.6 is 0 Å². The molecule has 2 N–H and O–H groups in total. The summed E-state index contributed by atoms with van der Waals surface area (Å²) in [7, 11) is 0. The Morgan fingerprint density at radius 2 is 2.11 bits per heavy atom. The molecule has 9 heavy (non-hydrogen) atoms. The summed E-state index contributed by atoms with van der Waals surface area (Å²) in [6.45, 7) is 0.361. The fraction of sp³-hybridized carbons (Fsp3) is 0.714. The van der Waals surface area contributed by atoms with E-state index in [0.717, 1.165) is 6.42 Å². The Hall–Kier alpha value is -0.340. The minimum Gasteiger partial charge on any atom is -0.396 e. The molecule has 0 radical (unpaired) electrons. The van der Waals surface area contributed by atoms with E-state index in [9.17, 15) is 0 Å². The molecule has 0 spiro atoms. The van der Waals surface area contributed by atoms with Crippen molar-refractivity contribution < 1.29 is 10.2 Å². The summed E-state index contributed by atoms with van der Waals surface area (Å²) in [5.74, 6) is 0.477. The smallest absolute Gasteiger partial charge is 0.0497 e. The summed E-state index contributed by atoms with van der Waals surface area (Å²) in [5.41, 5.74) is 0. The summed E-state index contributed by atoms with van der Waals surface area (Å²) >= 11 is 0. The first-order valence-electron chi connectivity index (χ1n) is 3.27. The topological polar surface area (TPSA) is 40.5 Å². The van der Waals surface area contributed by atoms with Crippen LogP contribution in [0.25, 0.3) is 0 Å². The highest BCUT2D eigenvalue weighted by Gasteiger charge is 2.20. The molecule has 0 heterocycles. The van der Waals surface area contributed by atoms with Gasteiger partial charge in [0.15, 0.2) is 0 Å². The van der Waals surface area contributed by atoms with Gasteiger partial charge in [-0.05, 0) is 12.3 Å². The Bertz CT molecular complexity index is 109. The van der Waals surface area contributed by atoms with Crippen molar-refractivity contribution in [3.8, 4) is 0 Å². The first-order chi connectivity index (χ1) is 4.38. The van der Waals surface area contributed by atoms with E-state index in [4.69, 9.17) is 10.2 Å². The van der Waals surface area contributed by atoms with Crippen LogP contribution in [0.5, 0.6) is 0 Å². The number of allylic oxidation sites excluding steroid dienone is 1. The number of aliphatic hydroxyl groups excluding tert-OH is 2. The molecule has 2 nitrogen and oxygen atoms in total. The van der Waals surface area contributed by atoms with Crippen LogP contribution in [0.3, 0.4) is 0 Å². The van der Waals surface area contributed by atoms with Gasteiger partial charge < -0.3 is 10.2 Å². The number of aliphatic hydroxyl groups is 2. The van der Waals surface area contributed by atoms with Gasteiger partial charge in [-0.25, -0.2) is 0 Å². The van der Waals surface area contributed by atoms with Gasteiger partial charge in [0.1, 0.15) is 0 Å². The molecule has 1 rings (SSSR count). The predicted molar refractivity (Wildman–Crippen MR) is 34.9 cm³/mol. The van der Waals surface area contributed by atoms with Gasteiger partial charge in [0, 0.05) is 19.1 Å². The summed E-state index contributed by atoms with van der Waals surface area (Å²) in [4.78, 5) is 0. The van der Waals surface area contributed by atoms with Crippen molar-refractivity contribution in [2.75, 3.05) is 13.2 Å². The van der Waals surface area contributed by atoms with Crippen LogP contribution in [-0.4, -0.2) is 23.4 Å². The van der Waals surface area contributed by atoms with Crippen LogP contribution in [0.15, 0.2) is 12.2 Å². The molecule has 0 aliphatic heterocycles. The lowest BCUT2D eigenvalue weighted by molar-refractivity contribution is 0.155. The second-order valence-corrected chi connectivity index (χ2v) is 2.45. The Kier molecular flexibility index (Phi) is 2.25. The van der Waals surface area contributed by atoms with Gasteiger partial charge in [-0.1, -0.05) is 12.2 Å². The lowest BCUT2D eigenvalue weighted by atomic mass is 9.98. The van der Waals surface area contributed by atoms with Crippen molar-refractivity contribution in [3.05, 3.63) is 12.2 Å². The third kappa shape index (κ3) is 1.32. The summed E-state index contributed by atoms with van der Waals surface area (Å²) in [5, 5.41) is 17.4. The van der Waals surface area contributed by atoms with Crippen LogP contribution in [-0.2, 0) is 0 Å². The summed E-state index contributed by atoms with van der Waals surface area (Å²) in [6, 6.07) is 0. The average Bonchev–Trinajstić information content (AvgIpc) is 2.33. The molecule has 0 amide bonds. The standard InChI is InChI=1S/C7H12O2/c8-4-6-2-1-3-7(6)5-9/h1-2,6-9H,3-5H2. The molecule has 0 bridgehead atoms. The van der Waals surface area contributed by atoms with E-state index in [1.165, 1.54) is 0 Å². The average molecular weight is 128 g/mol. The molecule has 52 valence electrons. The molecular formula is C7H12O2. The van der Waals surface area contributed by atoms with Crippen LogP contribution in [0.2, 0.25) is 0 Å². The van der Waals surface area contributed by atoms with Crippen molar-refractivity contribution in [2.24, 2.45) is 11.8 Å². The van der Waals surface area contributed by atoms with Gasteiger partial charge >= 0.3 is 0 Å². The van der Waals surface area contributed by atoms with Gasteiger partial charge in [0.25, 0.3) is 0 Å². The Morgan fingerprint density at radius 1 is 1.33 bits per heavy atom. The lowest BCUT2D eigenvalue weighted by Gasteiger charge is -2.12. The van der Waals surface area contributed by atoms with E-state index in [2.05, 4.69) is 0 Å². The minimum atomic E-state index is 0.168. The number of rotatable bonds is 2. The van der Waals surface area contributed by atoms with Crippen molar-refractivity contribution in [2.45, 2.75) is 6.42 Å². The van der Waals surface area contributed by atoms with Crippen molar-refractivity contribution in [1.29, 1.82) is 0 Å². The van der Waals surface area contributed by atoms with E-state index in [0.29, 0.717) is 0 Å². The van der Waals surface area contributed by atoms with Crippen LogP contribution < -0.4 is 0 Å². The zero-order valence-electron chi connectivity index (χ0n) is 5.33. The van der Waals surface area contributed by atoms with Gasteiger partial charge in [-0.15, -0.1) is 0 Å². The first-order valence-corrected chi connectivity index (χ1v) is 3.27. The third-order valence-electron chi connectivity index (χ3n) is 1.87. The molecule has 0 saturated heterocycles. The van der Waals surface area contributed by atoms with Gasteiger partial charge in [-0.3, -0.25) is 0 Å². The van der Waals surface area contributed by atoms with Gasteiger partial charge in [0.05, 0.1) is 0 Å². The lowest BCUT2D eigenvalue weighted by Crippen LogP contribution is -2.15. The maximum atomic E-state index is 8.72. The second kappa shape index (κ2) is 2.99. The predicted octanol–water partition coefficient (Wildman–Crippen LogP) is 0.163. The maximum Gasteiger partial charge on any atom is 0.0497 e. The molecule has 2 unspecified atom stereocenters. The van der Waals surface area contributed by atoms with E-state index in [1.807, 2.05) is 12.2 Å². The van der Waals surface area contributed by atoms with E-state index >= 15 is 0 Å². The van der Waals surface area contributed by atoms with Gasteiger partial charge in [0.2, 0.25) is 0 Å². The molecule has 2 heteroatoms. The summed E-state index contributed by atoms with van der Waals surface area (Å²) in [6.07, 6.45) is 4.91. The third-order valence-corrected chi connectivity index (χ3v) is 1.87. The fourth-order valence-electron chi connectivity index (χ4n) is 1.18. The number of hydrogen-bond donors (Lipinski definition) is 2. The first kappa shape index (κ1) is 6.78. The van der Waals surface area contributed by atoms with Crippen LogP contribution in [0.1, 0.15) is 6.42 Å². The van der Waals surface area contributed by atoms with Crippen molar-refractivity contribution >= 4 is 0 Å². The molecule has 1 aliphatic carbocycles. The van der Waals surface area contributed by atoms with E-state index in [-0.39, 0.29) is 25.0 Å². The highest BCUT2D eigenvalue weighted by atomic mass is 16.3. The van der Waals surface area contributed by atoms with E-state index < -0.39 is 0 Å². The van der Waals surface area contributed by atoms with Gasteiger partial charge in [-0.2, -0.15) is 0 Å². The Balaban J connectivity index is 2.39. The van der Waals surface area contributed by atoms with E-state index in [1.54, 1.807) is 0 Å². The zero-order chi connectivity index (χ0) is 6.69. The largest absolute Gasteiger partial charge is 0.396 e. The molecular weight excluding hydrogens is 116 g/mol. The highest BCUT2D eigenvalue weighted by Crippen LogP contribution is 2.23. The van der Waals surface area contributed by atoms with Crippen molar-refractivity contribution in [3.63, 3.8) is 0 Å². The quantitative estimate of drug-likeness (QED) is 0.520. The molecule has 0 saturated carbocycles. The zero-order valence-corrected chi connectivity index (χ0v) is 5.33. The van der Waals surface area contributed by atoms with Crippen molar-refractivity contribution in [1.82, 2.24) is 0 Å². The fourth-order valence-corrected chi connectivity index (χ4v) is 1.18. The van der Waals surface area contributed by atoms with Crippen LogP contribution in [0.4, 0.5) is 0 Å². The summed E-state index contributed by atoms with van der Waals surface area (Å²) < 4.78 is 0. The second-order valence-electron chi connectivity index (χ2n) is 2.45. The minimum absolute atomic E-state index is 0.168. The Morgan fingerprint density at radius 3 is 2.56 bits per heavy atom. The monoisotopic (exact) mass is 128 g/mol. The normalized spacial score (nSPS) is 33.6. The van der Waals surface area contributed by atoms with Crippen LogP contribution in [0, 0.1) is 11.8 Å². The Labute approximate surface area is 54.8 Å². The SMILES string of the molecule is OCC1C=CCC1CO. The molecule has 0 aromatic heterocycles. The molecule has 1 aliphatic rings. The molecule has 0 fully saturated rings. The molecule has 0 aromatic rings. The molecule has 2 atom stereocenters. The highest BCUT2D eigenvalue weighted by molar-refractivity contribution is 5.00.